The number of benzene rings is 2. The normalized spacial score (nSPS) is 11.0. The standard InChI is InChI=1S/C18H21NO2/c1-18(2,3)19(16-12-8-5-9-13-16)21-17(20)14-15-10-6-4-7-11-15/h4-13H,14H2,1-3H3. The summed E-state index contributed by atoms with van der Waals surface area (Å²) in [5.74, 6) is -0.264. The van der Waals surface area contributed by atoms with Gasteiger partial charge < -0.3 is 4.84 Å². The van der Waals surface area contributed by atoms with Gasteiger partial charge in [-0.15, -0.1) is 0 Å². The van der Waals surface area contributed by atoms with E-state index in [9.17, 15) is 4.79 Å². The molecule has 0 spiro atoms. The summed E-state index contributed by atoms with van der Waals surface area (Å²) in [5, 5.41) is 1.66. The van der Waals surface area contributed by atoms with Crippen molar-refractivity contribution in [3.05, 3.63) is 66.2 Å². The van der Waals surface area contributed by atoms with Crippen molar-refractivity contribution < 1.29 is 9.63 Å². The molecule has 0 aliphatic heterocycles. The Morgan fingerprint density at radius 3 is 2.00 bits per heavy atom. The number of hydroxylamine groups is 1. The highest BCUT2D eigenvalue weighted by molar-refractivity contribution is 5.74. The maximum atomic E-state index is 12.2. The molecular formula is C18H21NO2. The van der Waals surface area contributed by atoms with Gasteiger partial charge in [-0.3, -0.25) is 0 Å². The van der Waals surface area contributed by atoms with Crippen LogP contribution >= 0.6 is 0 Å². The molecule has 0 fully saturated rings. The lowest BCUT2D eigenvalue weighted by atomic mass is 10.1. The molecule has 110 valence electrons. The third kappa shape index (κ3) is 4.35. The first-order chi connectivity index (χ1) is 9.97. The third-order valence-corrected chi connectivity index (χ3v) is 2.98. The average molecular weight is 283 g/mol. The highest BCUT2D eigenvalue weighted by Crippen LogP contribution is 2.24. The number of hydrogen-bond acceptors (Lipinski definition) is 3. The molecule has 0 N–H and O–H groups in total. The van der Waals surface area contributed by atoms with Gasteiger partial charge in [0.25, 0.3) is 0 Å². The van der Waals surface area contributed by atoms with E-state index in [0.717, 1.165) is 11.3 Å². The monoisotopic (exact) mass is 283 g/mol. The van der Waals surface area contributed by atoms with E-state index in [1.54, 1.807) is 5.06 Å². The molecular weight excluding hydrogens is 262 g/mol. The third-order valence-electron chi connectivity index (χ3n) is 2.98. The first kappa shape index (κ1) is 15.1. The van der Waals surface area contributed by atoms with Crippen LogP contribution < -0.4 is 5.06 Å². The van der Waals surface area contributed by atoms with Crippen LogP contribution in [0.3, 0.4) is 0 Å². The van der Waals surface area contributed by atoms with Gasteiger partial charge in [0.2, 0.25) is 0 Å². The summed E-state index contributed by atoms with van der Waals surface area (Å²) in [6, 6.07) is 19.3. The zero-order valence-corrected chi connectivity index (χ0v) is 12.7. The lowest BCUT2D eigenvalue weighted by Crippen LogP contribution is -2.43. The fourth-order valence-electron chi connectivity index (χ4n) is 2.04. The van der Waals surface area contributed by atoms with Crippen LogP contribution in [0, 0.1) is 0 Å². The summed E-state index contributed by atoms with van der Waals surface area (Å²) in [6.07, 6.45) is 0.264. The van der Waals surface area contributed by atoms with E-state index >= 15 is 0 Å². The molecule has 0 unspecified atom stereocenters. The maximum absolute atomic E-state index is 12.2. The number of para-hydroxylation sites is 1. The number of rotatable bonds is 4. The van der Waals surface area contributed by atoms with Gasteiger partial charge >= 0.3 is 5.97 Å². The second-order valence-electron chi connectivity index (χ2n) is 5.93. The zero-order chi connectivity index (χ0) is 15.3. The van der Waals surface area contributed by atoms with Gasteiger partial charge in [-0.25, -0.2) is 9.86 Å². The van der Waals surface area contributed by atoms with Crippen LogP contribution in [0.5, 0.6) is 0 Å². The lowest BCUT2D eigenvalue weighted by Gasteiger charge is -2.35. The molecule has 0 bridgehead atoms. The average Bonchev–Trinajstić information content (AvgIpc) is 2.45. The first-order valence-corrected chi connectivity index (χ1v) is 7.07. The molecule has 2 aromatic carbocycles. The van der Waals surface area contributed by atoms with E-state index < -0.39 is 0 Å². The van der Waals surface area contributed by atoms with Gasteiger partial charge in [-0.1, -0.05) is 48.5 Å². The van der Waals surface area contributed by atoms with Crippen molar-refractivity contribution in [1.82, 2.24) is 0 Å². The Morgan fingerprint density at radius 1 is 0.952 bits per heavy atom. The fraction of sp³-hybridized carbons (Fsp3) is 0.278. The Hall–Kier alpha value is -2.29. The second-order valence-corrected chi connectivity index (χ2v) is 5.93. The van der Waals surface area contributed by atoms with E-state index in [4.69, 9.17) is 4.84 Å². The minimum atomic E-state index is -0.312. The molecule has 3 heteroatoms. The summed E-state index contributed by atoms with van der Waals surface area (Å²) in [4.78, 5) is 17.8. The minimum Gasteiger partial charge on any atom is -0.340 e. The van der Waals surface area contributed by atoms with Crippen molar-refractivity contribution in [1.29, 1.82) is 0 Å². The Morgan fingerprint density at radius 2 is 1.48 bits per heavy atom. The largest absolute Gasteiger partial charge is 0.340 e. The fourth-order valence-corrected chi connectivity index (χ4v) is 2.04. The molecule has 0 atom stereocenters. The number of hydrogen-bond donors (Lipinski definition) is 0. The highest BCUT2D eigenvalue weighted by atomic mass is 16.7. The number of carbonyl (C=O) groups excluding carboxylic acids is 1. The van der Waals surface area contributed by atoms with Gasteiger partial charge in [0, 0.05) is 0 Å². The van der Waals surface area contributed by atoms with Crippen molar-refractivity contribution in [3.8, 4) is 0 Å². The quantitative estimate of drug-likeness (QED) is 0.795. The van der Waals surface area contributed by atoms with Crippen LogP contribution in [0.2, 0.25) is 0 Å². The number of anilines is 1. The lowest BCUT2D eigenvalue weighted by molar-refractivity contribution is -0.146. The topological polar surface area (TPSA) is 29.5 Å². The summed E-state index contributed by atoms with van der Waals surface area (Å²) >= 11 is 0. The molecule has 0 saturated heterocycles. The van der Waals surface area contributed by atoms with Gasteiger partial charge in [-0.2, -0.15) is 0 Å². The predicted octanol–water partition coefficient (Wildman–Crippen LogP) is 3.99. The molecule has 0 aliphatic carbocycles. The van der Waals surface area contributed by atoms with Crippen molar-refractivity contribution >= 4 is 11.7 Å². The predicted molar refractivity (Wildman–Crippen MR) is 84.9 cm³/mol. The Balaban J connectivity index is 2.11. The van der Waals surface area contributed by atoms with Crippen molar-refractivity contribution in [2.24, 2.45) is 0 Å². The van der Waals surface area contributed by atoms with Crippen molar-refractivity contribution in [3.63, 3.8) is 0 Å². The number of nitrogens with zero attached hydrogens (tertiary/aromatic N) is 1. The van der Waals surface area contributed by atoms with Crippen LogP contribution in [-0.4, -0.2) is 11.5 Å². The summed E-state index contributed by atoms with van der Waals surface area (Å²) in [6.45, 7) is 6.03. The second kappa shape index (κ2) is 6.44. The van der Waals surface area contributed by atoms with Crippen molar-refractivity contribution in [2.45, 2.75) is 32.7 Å². The molecule has 0 radical (unpaired) electrons. The zero-order valence-electron chi connectivity index (χ0n) is 12.7. The maximum Gasteiger partial charge on any atom is 0.336 e. The molecule has 0 saturated carbocycles. The van der Waals surface area contributed by atoms with Crippen LogP contribution in [-0.2, 0) is 16.1 Å². The first-order valence-electron chi connectivity index (χ1n) is 7.07. The summed E-state index contributed by atoms with van der Waals surface area (Å²) in [5.41, 5.74) is 1.50. The van der Waals surface area contributed by atoms with E-state index in [1.165, 1.54) is 0 Å². The molecule has 2 aromatic rings. The Kier molecular flexibility index (Phi) is 4.63. The summed E-state index contributed by atoms with van der Waals surface area (Å²) in [7, 11) is 0. The summed E-state index contributed by atoms with van der Waals surface area (Å²) < 4.78 is 0. The molecule has 3 nitrogen and oxygen atoms in total. The number of carbonyl (C=O) groups is 1. The van der Waals surface area contributed by atoms with E-state index in [-0.39, 0.29) is 17.9 Å². The van der Waals surface area contributed by atoms with Crippen LogP contribution in [0.15, 0.2) is 60.7 Å². The van der Waals surface area contributed by atoms with E-state index in [0.29, 0.717) is 0 Å². The Bertz CT molecular complexity index is 573. The molecule has 0 amide bonds. The SMILES string of the molecule is CC(C)(C)N(OC(=O)Cc1ccccc1)c1ccccc1. The van der Waals surface area contributed by atoms with Gasteiger partial charge in [0.1, 0.15) is 0 Å². The molecule has 0 aliphatic rings. The van der Waals surface area contributed by atoms with Gasteiger partial charge in [0.05, 0.1) is 17.6 Å². The van der Waals surface area contributed by atoms with Crippen LogP contribution in [0.25, 0.3) is 0 Å². The van der Waals surface area contributed by atoms with Crippen LogP contribution in [0.1, 0.15) is 26.3 Å². The van der Waals surface area contributed by atoms with Gasteiger partial charge in [-0.05, 0) is 38.5 Å². The van der Waals surface area contributed by atoms with Crippen molar-refractivity contribution in [2.75, 3.05) is 5.06 Å². The van der Waals surface area contributed by atoms with E-state index in [2.05, 4.69) is 0 Å². The molecule has 2 rings (SSSR count). The molecule has 0 heterocycles. The van der Waals surface area contributed by atoms with E-state index in [1.807, 2.05) is 81.4 Å². The smallest absolute Gasteiger partial charge is 0.336 e. The van der Waals surface area contributed by atoms with Gasteiger partial charge in [0.15, 0.2) is 0 Å². The molecule has 0 aromatic heterocycles. The van der Waals surface area contributed by atoms with Crippen LogP contribution in [0.4, 0.5) is 5.69 Å². The molecule has 21 heavy (non-hydrogen) atoms. The minimum absolute atomic E-state index is 0.264. The highest BCUT2D eigenvalue weighted by Gasteiger charge is 2.26. The Labute approximate surface area is 126 Å².